The first-order chi connectivity index (χ1) is 42.0. The van der Waals surface area contributed by atoms with Crippen molar-refractivity contribution < 1.29 is 42.8 Å². The Labute approximate surface area is 482 Å². The van der Waals surface area contributed by atoms with Crippen molar-refractivity contribution in [2.45, 2.75) is 26.2 Å². The van der Waals surface area contributed by atoms with Crippen molar-refractivity contribution >= 4 is 44.0 Å². The Morgan fingerprint density at radius 2 is 1.18 bits per heavy atom. The molecule has 0 aliphatic rings. The molecule has 0 aliphatic heterocycles. The molecule has 0 unspecified atom stereocenters. The van der Waals surface area contributed by atoms with Crippen LogP contribution in [0, 0.1) is 18.5 Å². The molecular formula is C72H52IrN4O+. The van der Waals surface area contributed by atoms with Gasteiger partial charge in [0.1, 0.15) is 5.58 Å². The van der Waals surface area contributed by atoms with Gasteiger partial charge < -0.3 is 13.6 Å². The summed E-state index contributed by atoms with van der Waals surface area (Å²) in [4.78, 5) is 5.16. The van der Waals surface area contributed by atoms with Crippen LogP contribution in [0.4, 0.5) is 0 Å². The maximum absolute atomic E-state index is 8.74. The van der Waals surface area contributed by atoms with Crippen LogP contribution in [0.3, 0.4) is 0 Å². The van der Waals surface area contributed by atoms with Crippen LogP contribution < -0.4 is 4.57 Å². The van der Waals surface area contributed by atoms with Crippen LogP contribution in [0.25, 0.3) is 117 Å². The van der Waals surface area contributed by atoms with E-state index < -0.39 is 36.3 Å². The number of hydrogen-bond donors (Lipinski definition) is 0. The van der Waals surface area contributed by atoms with Gasteiger partial charge >= 0.3 is 20.1 Å². The molecule has 0 amide bonds. The molecule has 78 heavy (non-hydrogen) atoms. The van der Waals surface area contributed by atoms with Crippen molar-refractivity contribution in [1.29, 1.82) is 0 Å². The van der Waals surface area contributed by atoms with E-state index in [2.05, 4.69) is 123 Å². The number of imidazole rings is 2. The van der Waals surface area contributed by atoms with Crippen LogP contribution in [0.2, 0.25) is 0 Å². The monoisotopic (exact) mass is 1190 g/mol. The second kappa shape index (κ2) is 21.1. The Balaban J connectivity index is 0.000000174. The first-order valence-corrected chi connectivity index (χ1v) is 25.3. The van der Waals surface area contributed by atoms with Gasteiger partial charge in [-0.15, -0.1) is 18.2 Å². The first-order valence-electron chi connectivity index (χ1n) is 30.3. The minimum absolute atomic E-state index is 0. The number of para-hydroxylation sites is 6. The summed E-state index contributed by atoms with van der Waals surface area (Å²) in [5.74, 6) is 0.816. The summed E-state index contributed by atoms with van der Waals surface area (Å²) < 4.78 is 96.8. The summed E-state index contributed by atoms with van der Waals surface area (Å²) in [6.45, 7) is 6.77. The number of furan rings is 1. The minimum Gasteiger partial charge on any atom is -0.501 e. The maximum atomic E-state index is 8.74. The van der Waals surface area contributed by atoms with Crippen molar-refractivity contribution in [2.75, 3.05) is 0 Å². The number of rotatable bonds is 8. The summed E-state index contributed by atoms with van der Waals surface area (Å²) >= 11 is 0. The third kappa shape index (κ3) is 9.15. The van der Waals surface area contributed by atoms with Crippen LogP contribution in [0.15, 0.2) is 265 Å². The van der Waals surface area contributed by atoms with Gasteiger partial charge in [0.15, 0.2) is 0 Å². The molecule has 14 rings (SSSR count). The summed E-state index contributed by atoms with van der Waals surface area (Å²) in [6.07, 6.45) is 3.42. The normalized spacial score (nSPS) is 13.2. The van der Waals surface area contributed by atoms with Gasteiger partial charge in [0, 0.05) is 16.6 Å². The Kier molecular flexibility index (Phi) is 10.6. The molecular weight excluding hydrogens is 1130 g/mol. The molecule has 3 heterocycles. The van der Waals surface area contributed by atoms with Gasteiger partial charge in [-0.3, -0.25) is 9.55 Å². The van der Waals surface area contributed by atoms with Gasteiger partial charge in [-0.25, -0.2) is 0 Å². The molecule has 0 radical (unpaired) electrons. The molecule has 0 atom stereocenters. The predicted octanol–water partition coefficient (Wildman–Crippen LogP) is 17.9. The van der Waals surface area contributed by atoms with E-state index in [4.69, 9.17) is 23.1 Å². The summed E-state index contributed by atoms with van der Waals surface area (Å²) in [6, 6.07) is 67.7. The van der Waals surface area contributed by atoms with E-state index in [1.54, 1.807) is 47.0 Å². The molecule has 3 aromatic heterocycles. The van der Waals surface area contributed by atoms with Crippen molar-refractivity contribution in [3.05, 3.63) is 285 Å². The summed E-state index contributed by atoms with van der Waals surface area (Å²) in [5, 5.41) is 2.17. The second-order valence-electron chi connectivity index (χ2n) is 19.6. The fraction of sp³-hybridized carbons (Fsp3) is 0.0556. The molecule has 374 valence electrons. The second-order valence-corrected chi connectivity index (χ2v) is 19.6. The topological polar surface area (TPSA) is 39.8 Å². The van der Waals surface area contributed by atoms with E-state index in [-0.39, 0.29) is 60.8 Å². The Morgan fingerprint density at radius 3 is 1.95 bits per heavy atom. The molecule has 0 aliphatic carbocycles. The molecule has 14 aromatic rings. The average Bonchev–Trinajstić information content (AvgIpc) is 1.53. The van der Waals surface area contributed by atoms with Gasteiger partial charge in [0.2, 0.25) is 0 Å². The fourth-order valence-corrected chi connectivity index (χ4v) is 10.2. The molecule has 11 aromatic carbocycles. The number of nitrogens with zero attached hydrogens (tertiary/aromatic N) is 4. The zero-order valence-corrected chi connectivity index (χ0v) is 45.0. The quantitative estimate of drug-likeness (QED) is 0.112. The first kappa shape index (κ1) is 39.2. The molecule has 0 saturated heterocycles. The van der Waals surface area contributed by atoms with Crippen LogP contribution in [-0.2, 0) is 25.5 Å². The molecule has 0 fully saturated rings. The third-order valence-electron chi connectivity index (χ3n) is 13.8. The van der Waals surface area contributed by atoms with Crippen molar-refractivity contribution in [3.8, 4) is 73.0 Å². The third-order valence-corrected chi connectivity index (χ3v) is 13.8. The largest absolute Gasteiger partial charge is 3.00 e. The Morgan fingerprint density at radius 1 is 0.526 bits per heavy atom. The number of fused-ring (bicyclic) bond motifs is 5. The number of aromatic nitrogens is 4. The van der Waals surface area contributed by atoms with E-state index >= 15 is 0 Å². The molecule has 5 nitrogen and oxygen atoms in total. The molecule has 0 spiro atoms. The number of hydrogen-bond acceptors (Lipinski definition) is 2. The van der Waals surface area contributed by atoms with E-state index in [9.17, 15) is 0 Å². The van der Waals surface area contributed by atoms with Gasteiger partial charge in [0.25, 0.3) is 6.33 Å². The molecule has 6 heteroatoms. The molecule has 0 bridgehead atoms. The Hall–Kier alpha value is -9.19. The number of benzene rings is 11. The van der Waals surface area contributed by atoms with Crippen molar-refractivity contribution in [3.63, 3.8) is 0 Å². The van der Waals surface area contributed by atoms with E-state index in [0.717, 1.165) is 50.0 Å². The van der Waals surface area contributed by atoms with Crippen molar-refractivity contribution in [1.82, 2.24) is 14.1 Å². The summed E-state index contributed by atoms with van der Waals surface area (Å²) in [7, 11) is 0. The average molecular weight is 1190 g/mol. The van der Waals surface area contributed by atoms with Gasteiger partial charge in [-0.1, -0.05) is 220 Å². The van der Waals surface area contributed by atoms with Crippen molar-refractivity contribution in [2.24, 2.45) is 0 Å². The van der Waals surface area contributed by atoms with E-state index in [1.807, 2.05) is 83.4 Å². The molecule has 0 N–H and O–H groups in total. The van der Waals surface area contributed by atoms with Crippen LogP contribution in [-0.4, -0.2) is 14.1 Å². The standard InChI is InChI=1S/C37H25N2.C35H27N2O.Ir/c1-4-15-28(16-5-1)31-21-10-11-23-33(31)34-24-14-26-36-37(34)39(27-38(36)30-19-8-3-9-20-30)35-25-13-12-22-32(35)29-17-6-2-7-18-29;1-35(2,3)24-20-21-30(28(22-24)23-12-5-4-6-13-23)37-31-18-9-8-17-29(31)36-34(37)27-16-11-15-26-25-14-7-10-19-32(25)38-33(26)27;/h1-19,21-26H;4-15,17-22H,1-3H3;/q2*-1;+3/i1D,2D,4D,5D,6D,7D,15D,16D,17D,18D;;. The maximum Gasteiger partial charge on any atom is 3.00 e. The summed E-state index contributed by atoms with van der Waals surface area (Å²) in [5.41, 5.74) is 13.8. The Bertz CT molecular complexity index is 5000. The SMILES string of the molecule is CC(C)(C)c1ccc(-n2c(-c3[c-]ccc4c3oc3ccccc34)nc3ccccc32)c(-c2ccccc2)c1.[2H]c1c([2H])c([2H])c(-c2ccccc2-c2cccc3c2[n+](-c2ccccc2-c2c([2H])c([2H])c([2H])c([2H])c2[2H])[c-]n3-c2[c-]cccc2)c([2H])c1[2H].[Ir+3]. The van der Waals surface area contributed by atoms with E-state index in [1.165, 1.54) is 16.7 Å². The zero-order chi connectivity index (χ0) is 60.6. The van der Waals surface area contributed by atoms with Crippen LogP contribution in [0.5, 0.6) is 0 Å². The fourth-order valence-electron chi connectivity index (χ4n) is 10.2. The predicted molar refractivity (Wildman–Crippen MR) is 316 cm³/mol. The minimum atomic E-state index is -0.488. The van der Waals surface area contributed by atoms with Crippen LogP contribution in [0.1, 0.15) is 40.0 Å². The van der Waals surface area contributed by atoms with Crippen LogP contribution >= 0.6 is 0 Å². The molecule has 0 saturated carbocycles. The van der Waals surface area contributed by atoms with E-state index in [0.29, 0.717) is 44.7 Å². The zero-order valence-electron chi connectivity index (χ0n) is 52.6. The van der Waals surface area contributed by atoms with Gasteiger partial charge in [-0.05, 0) is 92.0 Å². The smallest absolute Gasteiger partial charge is 0.501 e. The van der Waals surface area contributed by atoms with Gasteiger partial charge in [0.05, 0.1) is 52.9 Å². The van der Waals surface area contributed by atoms with Gasteiger partial charge in [-0.2, -0.15) is 30.3 Å².